The standard InChI is InChI=1S/C19H28N2O3/c1-14(2)17-7-5-8-18(13-17)24-15(3)19(23)21-10-6-9-20(11-12-21)16(4)22/h5,7-8,13-15H,6,9-12H2,1-4H3. The lowest BCUT2D eigenvalue weighted by molar-refractivity contribution is -0.138. The molecule has 0 bridgehead atoms. The van der Waals surface area contributed by atoms with E-state index in [0.717, 1.165) is 12.2 Å². The van der Waals surface area contributed by atoms with E-state index in [1.54, 1.807) is 23.6 Å². The molecule has 1 fully saturated rings. The first-order valence-electron chi connectivity index (χ1n) is 8.69. The lowest BCUT2D eigenvalue weighted by Crippen LogP contribution is -2.42. The zero-order chi connectivity index (χ0) is 17.7. The molecule has 0 aromatic heterocycles. The molecule has 24 heavy (non-hydrogen) atoms. The molecule has 1 aromatic rings. The summed E-state index contributed by atoms with van der Waals surface area (Å²) in [4.78, 5) is 27.7. The maximum absolute atomic E-state index is 12.6. The van der Waals surface area contributed by atoms with E-state index in [0.29, 0.717) is 32.1 Å². The minimum absolute atomic E-state index is 0.0182. The predicted molar refractivity (Wildman–Crippen MR) is 94.1 cm³/mol. The van der Waals surface area contributed by atoms with Gasteiger partial charge in [-0.2, -0.15) is 0 Å². The van der Waals surface area contributed by atoms with Crippen LogP contribution in [0, 0.1) is 0 Å². The molecule has 1 atom stereocenters. The predicted octanol–water partition coefficient (Wildman–Crippen LogP) is 2.66. The Morgan fingerprint density at radius 1 is 1.04 bits per heavy atom. The number of nitrogens with zero attached hydrogens (tertiary/aromatic N) is 2. The number of amides is 2. The highest BCUT2D eigenvalue weighted by atomic mass is 16.5. The van der Waals surface area contributed by atoms with E-state index in [2.05, 4.69) is 19.9 Å². The Morgan fingerprint density at radius 3 is 2.38 bits per heavy atom. The monoisotopic (exact) mass is 332 g/mol. The van der Waals surface area contributed by atoms with Crippen molar-refractivity contribution in [1.82, 2.24) is 9.80 Å². The summed E-state index contributed by atoms with van der Waals surface area (Å²) in [5.41, 5.74) is 1.19. The Bertz CT molecular complexity index is 586. The Morgan fingerprint density at radius 2 is 1.71 bits per heavy atom. The van der Waals surface area contributed by atoms with Gasteiger partial charge in [0.1, 0.15) is 5.75 Å². The lowest BCUT2D eigenvalue weighted by atomic mass is 10.0. The summed E-state index contributed by atoms with van der Waals surface area (Å²) in [6.45, 7) is 10.2. The zero-order valence-corrected chi connectivity index (χ0v) is 15.1. The highest BCUT2D eigenvalue weighted by Gasteiger charge is 2.25. The van der Waals surface area contributed by atoms with Crippen LogP contribution >= 0.6 is 0 Å². The van der Waals surface area contributed by atoms with Gasteiger partial charge < -0.3 is 14.5 Å². The van der Waals surface area contributed by atoms with Gasteiger partial charge in [0, 0.05) is 33.1 Å². The van der Waals surface area contributed by atoms with E-state index in [-0.39, 0.29) is 11.8 Å². The van der Waals surface area contributed by atoms with Crippen LogP contribution in [0.4, 0.5) is 0 Å². The molecule has 0 spiro atoms. The molecular weight excluding hydrogens is 304 g/mol. The van der Waals surface area contributed by atoms with Gasteiger partial charge in [0.15, 0.2) is 6.10 Å². The van der Waals surface area contributed by atoms with Crippen LogP contribution < -0.4 is 4.74 Å². The average Bonchev–Trinajstić information content (AvgIpc) is 2.80. The number of rotatable bonds is 4. The minimum atomic E-state index is -0.531. The zero-order valence-electron chi connectivity index (χ0n) is 15.1. The number of hydrogen-bond acceptors (Lipinski definition) is 3. The van der Waals surface area contributed by atoms with Crippen molar-refractivity contribution in [1.29, 1.82) is 0 Å². The van der Waals surface area contributed by atoms with Crippen molar-refractivity contribution >= 4 is 11.8 Å². The van der Waals surface area contributed by atoms with Crippen molar-refractivity contribution in [2.75, 3.05) is 26.2 Å². The molecule has 2 rings (SSSR count). The lowest BCUT2D eigenvalue weighted by Gasteiger charge is -2.25. The first kappa shape index (κ1) is 18.3. The highest BCUT2D eigenvalue weighted by molar-refractivity contribution is 5.81. The third-order valence-electron chi connectivity index (χ3n) is 4.44. The smallest absolute Gasteiger partial charge is 0.263 e. The molecule has 5 nitrogen and oxygen atoms in total. The van der Waals surface area contributed by atoms with Gasteiger partial charge in [-0.3, -0.25) is 9.59 Å². The fourth-order valence-corrected chi connectivity index (χ4v) is 2.91. The fraction of sp³-hybridized carbons (Fsp3) is 0.579. The number of hydrogen-bond donors (Lipinski definition) is 0. The second kappa shape index (κ2) is 8.18. The second-order valence-electron chi connectivity index (χ2n) is 6.67. The Kier molecular flexibility index (Phi) is 6.23. The van der Waals surface area contributed by atoms with E-state index in [4.69, 9.17) is 4.74 Å². The summed E-state index contributed by atoms with van der Waals surface area (Å²) in [6.07, 6.45) is 0.275. The van der Waals surface area contributed by atoms with Crippen molar-refractivity contribution in [2.24, 2.45) is 0 Å². The van der Waals surface area contributed by atoms with E-state index in [1.165, 1.54) is 5.56 Å². The van der Waals surface area contributed by atoms with E-state index < -0.39 is 6.10 Å². The molecule has 0 N–H and O–H groups in total. The molecule has 0 radical (unpaired) electrons. The quantitative estimate of drug-likeness (QED) is 0.852. The van der Waals surface area contributed by atoms with E-state index >= 15 is 0 Å². The number of ether oxygens (including phenoxy) is 1. The molecular formula is C19H28N2O3. The summed E-state index contributed by atoms with van der Waals surface area (Å²) in [5.74, 6) is 1.19. The van der Waals surface area contributed by atoms with Crippen molar-refractivity contribution in [3.8, 4) is 5.75 Å². The van der Waals surface area contributed by atoms with Gasteiger partial charge in [0.05, 0.1) is 0 Å². The molecule has 2 amide bonds. The third-order valence-corrected chi connectivity index (χ3v) is 4.44. The van der Waals surface area contributed by atoms with Crippen molar-refractivity contribution < 1.29 is 14.3 Å². The van der Waals surface area contributed by atoms with Gasteiger partial charge in [-0.25, -0.2) is 0 Å². The first-order valence-corrected chi connectivity index (χ1v) is 8.69. The third kappa shape index (κ3) is 4.73. The topological polar surface area (TPSA) is 49.9 Å². The van der Waals surface area contributed by atoms with Crippen LogP contribution in [-0.4, -0.2) is 53.9 Å². The number of benzene rings is 1. The molecule has 1 aliphatic heterocycles. The Balaban J connectivity index is 1.96. The Hall–Kier alpha value is -2.04. The summed E-state index contributed by atoms with van der Waals surface area (Å²) >= 11 is 0. The number of carbonyl (C=O) groups is 2. The molecule has 1 unspecified atom stereocenters. The second-order valence-corrected chi connectivity index (χ2v) is 6.67. The molecule has 1 saturated heterocycles. The van der Waals surface area contributed by atoms with Crippen LogP contribution in [0.25, 0.3) is 0 Å². The van der Waals surface area contributed by atoms with Gasteiger partial charge >= 0.3 is 0 Å². The maximum Gasteiger partial charge on any atom is 0.263 e. The molecule has 0 saturated carbocycles. The largest absolute Gasteiger partial charge is 0.481 e. The van der Waals surface area contributed by atoms with Crippen molar-refractivity contribution in [3.63, 3.8) is 0 Å². The molecule has 1 aromatic carbocycles. The highest BCUT2D eigenvalue weighted by Crippen LogP contribution is 2.21. The minimum Gasteiger partial charge on any atom is -0.481 e. The van der Waals surface area contributed by atoms with Crippen molar-refractivity contribution in [3.05, 3.63) is 29.8 Å². The summed E-state index contributed by atoms with van der Waals surface area (Å²) in [7, 11) is 0. The van der Waals surface area contributed by atoms with Crippen LogP contribution in [0.15, 0.2) is 24.3 Å². The summed E-state index contributed by atoms with van der Waals surface area (Å²) in [5, 5.41) is 0. The molecule has 0 aliphatic carbocycles. The van der Waals surface area contributed by atoms with E-state index in [9.17, 15) is 9.59 Å². The number of carbonyl (C=O) groups excluding carboxylic acids is 2. The first-order chi connectivity index (χ1) is 11.4. The SMILES string of the molecule is CC(=O)N1CCCN(C(=O)C(C)Oc2cccc(C(C)C)c2)CC1. The van der Waals surface area contributed by atoms with Gasteiger partial charge in [0.25, 0.3) is 5.91 Å². The average molecular weight is 332 g/mol. The van der Waals surface area contributed by atoms with Crippen LogP contribution in [0.5, 0.6) is 5.75 Å². The van der Waals surface area contributed by atoms with Crippen LogP contribution in [0.3, 0.4) is 0 Å². The fourth-order valence-electron chi connectivity index (χ4n) is 2.91. The van der Waals surface area contributed by atoms with Gasteiger partial charge in [-0.1, -0.05) is 26.0 Å². The van der Waals surface area contributed by atoms with Crippen LogP contribution in [-0.2, 0) is 9.59 Å². The Labute approximate surface area is 144 Å². The van der Waals surface area contributed by atoms with Crippen molar-refractivity contribution in [2.45, 2.75) is 46.1 Å². The normalized spacial score (nSPS) is 16.7. The van der Waals surface area contributed by atoms with Crippen LogP contribution in [0.1, 0.15) is 45.6 Å². The van der Waals surface area contributed by atoms with Gasteiger partial charge in [0.2, 0.25) is 5.91 Å². The van der Waals surface area contributed by atoms with Gasteiger partial charge in [-0.05, 0) is 37.0 Å². The molecule has 1 aliphatic rings. The summed E-state index contributed by atoms with van der Waals surface area (Å²) < 4.78 is 5.86. The summed E-state index contributed by atoms with van der Waals surface area (Å²) in [6, 6.07) is 7.90. The van der Waals surface area contributed by atoms with E-state index in [1.807, 2.05) is 18.2 Å². The van der Waals surface area contributed by atoms with Crippen LogP contribution in [0.2, 0.25) is 0 Å². The maximum atomic E-state index is 12.6. The molecule has 1 heterocycles. The molecule has 132 valence electrons. The van der Waals surface area contributed by atoms with Gasteiger partial charge in [-0.15, -0.1) is 0 Å². The molecule has 5 heteroatoms.